The Balaban J connectivity index is 2.21. The molecule has 0 spiro atoms. The Hall–Kier alpha value is -1.24. The molecule has 1 aromatic rings. The van der Waals surface area contributed by atoms with Crippen LogP contribution in [0.4, 0.5) is 0 Å². The van der Waals surface area contributed by atoms with Gasteiger partial charge in [-0.2, -0.15) is 0 Å². The lowest BCUT2D eigenvalue weighted by Crippen LogP contribution is -2.49. The quantitative estimate of drug-likeness (QED) is 0.750. The van der Waals surface area contributed by atoms with E-state index in [0.717, 1.165) is 18.4 Å². The van der Waals surface area contributed by atoms with Crippen LogP contribution in [0.3, 0.4) is 0 Å². The summed E-state index contributed by atoms with van der Waals surface area (Å²) in [5.41, 5.74) is 0.845. The zero-order valence-corrected chi connectivity index (χ0v) is 15.5. The molecule has 5 nitrogen and oxygen atoms in total. The van der Waals surface area contributed by atoms with Crippen LogP contribution in [0, 0.1) is 0 Å². The Morgan fingerprint density at radius 2 is 2.17 bits per heavy atom. The van der Waals surface area contributed by atoms with Crippen molar-refractivity contribution >= 4 is 35.2 Å². The van der Waals surface area contributed by atoms with E-state index >= 15 is 0 Å². The predicted octanol–water partition coefficient (Wildman–Crippen LogP) is 2.85. The number of nitrogens with zero attached hydrogens (tertiary/aromatic N) is 1. The highest BCUT2D eigenvalue weighted by Gasteiger charge is 2.42. The minimum absolute atomic E-state index is 0.0553. The van der Waals surface area contributed by atoms with Gasteiger partial charge in [0.25, 0.3) is 0 Å². The van der Waals surface area contributed by atoms with Gasteiger partial charge in [0, 0.05) is 30.0 Å². The molecule has 132 valence electrons. The zero-order valence-electron chi connectivity index (χ0n) is 14.0. The molecule has 2 atom stereocenters. The fourth-order valence-corrected chi connectivity index (χ4v) is 4.42. The fourth-order valence-electron chi connectivity index (χ4n) is 2.63. The van der Waals surface area contributed by atoms with E-state index in [1.54, 1.807) is 22.7 Å². The van der Waals surface area contributed by atoms with Crippen LogP contribution >= 0.6 is 23.4 Å². The highest BCUT2D eigenvalue weighted by atomic mass is 35.5. The molecule has 1 aliphatic rings. The number of carbonyl (C=O) groups is 2. The minimum Gasteiger partial charge on any atom is -0.375 e. The number of amides is 2. The van der Waals surface area contributed by atoms with Crippen molar-refractivity contribution in [3.63, 3.8) is 0 Å². The summed E-state index contributed by atoms with van der Waals surface area (Å²) in [5, 5.41) is 3.24. The van der Waals surface area contributed by atoms with Crippen molar-refractivity contribution in [1.29, 1.82) is 0 Å². The van der Waals surface area contributed by atoms with Gasteiger partial charge in [-0.1, -0.05) is 43.1 Å². The van der Waals surface area contributed by atoms with Crippen molar-refractivity contribution in [2.24, 2.45) is 0 Å². The maximum Gasteiger partial charge on any atom is 0.250 e. The molecule has 0 saturated carbocycles. The van der Waals surface area contributed by atoms with Gasteiger partial charge in [0.05, 0.1) is 0 Å². The monoisotopic (exact) mass is 370 g/mol. The molecule has 1 aliphatic heterocycles. The van der Waals surface area contributed by atoms with Gasteiger partial charge in [-0.15, -0.1) is 11.8 Å². The van der Waals surface area contributed by atoms with Crippen LogP contribution in [-0.2, 0) is 14.3 Å². The Kier molecular flexibility index (Phi) is 7.40. The minimum atomic E-state index is -0.504. The largest absolute Gasteiger partial charge is 0.375 e. The lowest BCUT2D eigenvalue weighted by Gasteiger charge is -2.29. The van der Waals surface area contributed by atoms with Gasteiger partial charge in [-0.25, -0.2) is 0 Å². The van der Waals surface area contributed by atoms with Crippen molar-refractivity contribution in [3.05, 3.63) is 34.9 Å². The van der Waals surface area contributed by atoms with Gasteiger partial charge in [-0.3, -0.25) is 9.59 Å². The molecule has 0 aromatic heterocycles. The van der Waals surface area contributed by atoms with Gasteiger partial charge >= 0.3 is 0 Å². The molecule has 0 aliphatic carbocycles. The molecule has 2 rings (SSSR count). The number of hydrogen-bond acceptors (Lipinski definition) is 4. The van der Waals surface area contributed by atoms with Gasteiger partial charge in [-0.05, 0) is 12.5 Å². The molecule has 0 bridgehead atoms. The predicted molar refractivity (Wildman–Crippen MR) is 97.1 cm³/mol. The average Bonchev–Trinajstić information content (AvgIpc) is 3.00. The number of unbranched alkanes of at least 4 members (excludes halogenated alkanes) is 1. The van der Waals surface area contributed by atoms with Gasteiger partial charge < -0.3 is 15.0 Å². The highest BCUT2D eigenvalue weighted by Crippen LogP contribution is 2.43. The summed E-state index contributed by atoms with van der Waals surface area (Å²) >= 11 is 7.85. The number of rotatable bonds is 7. The first-order valence-electron chi connectivity index (χ1n) is 8.04. The first kappa shape index (κ1) is 19.1. The van der Waals surface area contributed by atoms with E-state index in [0.29, 0.717) is 17.3 Å². The van der Waals surface area contributed by atoms with Crippen molar-refractivity contribution in [3.8, 4) is 0 Å². The molecule has 2 amide bonds. The van der Waals surface area contributed by atoms with E-state index < -0.39 is 6.04 Å². The summed E-state index contributed by atoms with van der Waals surface area (Å²) in [6.45, 7) is 2.64. The topological polar surface area (TPSA) is 58.6 Å². The maximum atomic E-state index is 12.5. The Labute approximate surface area is 152 Å². The lowest BCUT2D eigenvalue weighted by atomic mass is 10.1. The number of methoxy groups -OCH3 is 1. The summed E-state index contributed by atoms with van der Waals surface area (Å²) in [4.78, 5) is 26.7. The molecule has 24 heavy (non-hydrogen) atoms. The van der Waals surface area contributed by atoms with Gasteiger partial charge in [0.2, 0.25) is 11.8 Å². The van der Waals surface area contributed by atoms with Crippen molar-refractivity contribution < 1.29 is 14.3 Å². The molecule has 7 heteroatoms. The summed E-state index contributed by atoms with van der Waals surface area (Å²) < 4.78 is 4.99. The number of ether oxygens (including phenoxy) is 1. The second-order valence-electron chi connectivity index (χ2n) is 5.60. The Bertz CT molecular complexity index is 585. The molecule has 2 unspecified atom stereocenters. The number of halogens is 1. The fraction of sp³-hybridized carbons (Fsp3) is 0.529. The van der Waals surface area contributed by atoms with Crippen LogP contribution in [-0.4, -0.2) is 48.8 Å². The van der Waals surface area contributed by atoms with Crippen LogP contribution in [0.1, 0.15) is 30.7 Å². The molecule has 1 saturated heterocycles. The Morgan fingerprint density at radius 3 is 2.83 bits per heavy atom. The first-order chi connectivity index (χ1) is 11.6. The molecular formula is C17H23ClN2O3S. The second kappa shape index (κ2) is 9.30. The standard InChI is InChI=1S/C17H23ClN2O3S/c1-3-4-9-19-16(22)14-11-24-17(20(14)15(21)10-23-2)12-7-5-6-8-13(12)18/h5-8,14,17H,3-4,9-11H2,1-2H3,(H,19,22). The zero-order chi connectivity index (χ0) is 17.5. The summed E-state index contributed by atoms with van der Waals surface area (Å²) in [5.74, 6) is 0.224. The van der Waals surface area contributed by atoms with Crippen molar-refractivity contribution in [2.45, 2.75) is 31.2 Å². The number of thioether (sulfide) groups is 1. The van der Waals surface area contributed by atoms with Crippen molar-refractivity contribution in [2.75, 3.05) is 26.0 Å². The third kappa shape index (κ3) is 4.43. The van der Waals surface area contributed by atoms with Crippen LogP contribution in [0.5, 0.6) is 0 Å². The first-order valence-corrected chi connectivity index (χ1v) is 9.46. The summed E-state index contributed by atoms with van der Waals surface area (Å²) in [7, 11) is 1.47. The van der Waals surface area contributed by atoms with Crippen LogP contribution < -0.4 is 5.32 Å². The van der Waals surface area contributed by atoms with Gasteiger partial charge in [0.15, 0.2) is 0 Å². The van der Waals surface area contributed by atoms with E-state index in [-0.39, 0.29) is 23.8 Å². The van der Waals surface area contributed by atoms with E-state index in [4.69, 9.17) is 16.3 Å². The van der Waals surface area contributed by atoms with Gasteiger partial charge in [0.1, 0.15) is 18.0 Å². The van der Waals surface area contributed by atoms with Crippen LogP contribution in [0.25, 0.3) is 0 Å². The number of nitrogens with one attached hydrogen (secondary N) is 1. The third-order valence-electron chi connectivity index (χ3n) is 3.86. The second-order valence-corrected chi connectivity index (χ2v) is 7.12. The summed E-state index contributed by atoms with van der Waals surface area (Å²) in [6, 6.07) is 6.92. The van der Waals surface area contributed by atoms with E-state index in [1.165, 1.54) is 7.11 Å². The normalized spacial score (nSPS) is 20.2. The van der Waals surface area contributed by atoms with Crippen molar-refractivity contribution in [1.82, 2.24) is 10.2 Å². The van der Waals surface area contributed by atoms with E-state index in [2.05, 4.69) is 12.2 Å². The molecular weight excluding hydrogens is 348 g/mol. The SMILES string of the molecule is CCCCNC(=O)C1CSC(c2ccccc2Cl)N1C(=O)COC. The molecule has 1 N–H and O–H groups in total. The van der Waals surface area contributed by atoms with Crippen LogP contribution in [0.2, 0.25) is 5.02 Å². The molecule has 1 fully saturated rings. The summed E-state index contributed by atoms with van der Waals surface area (Å²) in [6.07, 6.45) is 1.93. The molecule has 0 radical (unpaired) electrons. The molecule has 1 aromatic carbocycles. The Morgan fingerprint density at radius 1 is 1.42 bits per heavy atom. The highest BCUT2D eigenvalue weighted by molar-refractivity contribution is 7.99. The van der Waals surface area contributed by atoms with Crippen LogP contribution in [0.15, 0.2) is 24.3 Å². The average molecular weight is 371 g/mol. The van der Waals surface area contributed by atoms with E-state index in [1.807, 2.05) is 18.2 Å². The smallest absolute Gasteiger partial charge is 0.250 e. The molecule has 1 heterocycles. The number of benzene rings is 1. The third-order valence-corrected chi connectivity index (χ3v) is 5.51. The maximum absolute atomic E-state index is 12.5. The van der Waals surface area contributed by atoms with E-state index in [9.17, 15) is 9.59 Å². The number of carbonyl (C=O) groups excluding carboxylic acids is 2. The number of hydrogen-bond donors (Lipinski definition) is 1. The lowest BCUT2D eigenvalue weighted by molar-refractivity contribution is -0.142.